The van der Waals surface area contributed by atoms with Crippen LogP contribution in [-0.4, -0.2) is 137 Å². The van der Waals surface area contributed by atoms with Gasteiger partial charge in [-0.3, -0.25) is 14.4 Å². The van der Waals surface area contributed by atoms with Gasteiger partial charge in [0.05, 0.1) is 36.6 Å². The number of aromatic nitrogens is 1. The molecule has 2 saturated heterocycles. The molecule has 15 heteroatoms. The minimum atomic E-state index is -2.57. The van der Waals surface area contributed by atoms with Crippen LogP contribution in [0.3, 0.4) is 0 Å². The highest BCUT2D eigenvalue weighted by molar-refractivity contribution is 6.39. The molecule has 0 radical (unpaired) electrons. The molecule has 1 aromatic carbocycles. The number of cyclic esters (lactones) is 1. The van der Waals surface area contributed by atoms with Crippen LogP contribution in [0.25, 0.3) is 10.9 Å². The number of benzene rings is 1. The molecule has 1 aliphatic carbocycles. The van der Waals surface area contributed by atoms with Gasteiger partial charge in [0, 0.05) is 81.9 Å². The molecular formula is C52H77N3O12. The number of hydrogen-bond acceptors (Lipinski definition) is 13. The monoisotopic (exact) mass is 936 g/mol. The van der Waals surface area contributed by atoms with Crippen LogP contribution in [0, 0.1) is 29.6 Å². The number of ketones is 2. The highest BCUT2D eigenvalue weighted by Crippen LogP contribution is 2.40. The summed E-state index contributed by atoms with van der Waals surface area (Å²) >= 11 is 0. The lowest BCUT2D eigenvalue weighted by Crippen LogP contribution is -2.64. The van der Waals surface area contributed by atoms with E-state index in [0.29, 0.717) is 36.8 Å². The van der Waals surface area contributed by atoms with Crippen molar-refractivity contribution in [3.8, 4) is 0 Å². The summed E-state index contributed by atoms with van der Waals surface area (Å²) in [4.78, 5) is 58.5. The van der Waals surface area contributed by atoms with E-state index in [-0.39, 0.29) is 56.1 Å². The number of hydrogen-bond donors (Lipinski definition) is 4. The highest BCUT2D eigenvalue weighted by Gasteiger charge is 2.57. The molecule has 372 valence electrons. The summed E-state index contributed by atoms with van der Waals surface area (Å²) in [7, 11) is 6.69. The van der Waals surface area contributed by atoms with Crippen LogP contribution in [0.15, 0.2) is 53.8 Å². The van der Waals surface area contributed by atoms with Gasteiger partial charge in [0.25, 0.3) is 11.7 Å². The number of amides is 1. The molecule has 15 unspecified atom stereocenters. The molecule has 1 saturated carbocycles. The Kier molecular flexibility index (Phi) is 17.7. The van der Waals surface area contributed by atoms with E-state index < -0.39 is 89.8 Å². The third kappa shape index (κ3) is 11.6. The average Bonchev–Trinajstić information content (AvgIpc) is 3.70. The number of esters is 1. The van der Waals surface area contributed by atoms with Crippen LogP contribution in [0.2, 0.25) is 0 Å². The first kappa shape index (κ1) is 52.4. The minimum Gasteiger partial charge on any atom is -0.456 e. The van der Waals surface area contributed by atoms with Crippen LogP contribution >= 0.6 is 0 Å². The number of carbonyl (C=O) groups excluding carboxylic acids is 4. The molecule has 6 rings (SSSR count). The molecular weight excluding hydrogens is 859 g/mol. The van der Waals surface area contributed by atoms with E-state index in [9.17, 15) is 34.5 Å². The number of aliphatic hydroxyl groups excluding tert-OH is 2. The number of fused-ring (bicyclic) bond motifs is 4. The maximum atomic E-state index is 14.6. The maximum Gasteiger partial charge on any atom is 0.329 e. The van der Waals surface area contributed by atoms with Gasteiger partial charge in [-0.2, -0.15) is 0 Å². The first-order chi connectivity index (χ1) is 31.8. The van der Waals surface area contributed by atoms with Crippen molar-refractivity contribution in [3.05, 3.63) is 53.8 Å². The van der Waals surface area contributed by atoms with Crippen molar-refractivity contribution in [1.29, 1.82) is 0 Å². The van der Waals surface area contributed by atoms with Crippen molar-refractivity contribution < 1.29 is 58.2 Å². The average molecular weight is 936 g/mol. The SMILES string of the molecule is CCC1/C=C(\C)C(O)C(C)CC(OC)C2OC(O)(C(=O)C(=O)N3CCCCC3C(=O)OC(C(C)=CC3CCC(Nc4ccc5c(ccn5C)c4)C(OC)C3)C(C)C(O)CC1=O)C(C)CC2OC. The van der Waals surface area contributed by atoms with Gasteiger partial charge in [-0.25, -0.2) is 4.79 Å². The van der Waals surface area contributed by atoms with E-state index in [1.54, 1.807) is 34.0 Å². The zero-order valence-electron chi connectivity index (χ0n) is 41.3. The summed E-state index contributed by atoms with van der Waals surface area (Å²) in [5.41, 5.74) is 3.40. The fourth-order valence-corrected chi connectivity index (χ4v) is 11.1. The van der Waals surface area contributed by atoms with E-state index in [4.69, 9.17) is 23.7 Å². The molecule has 1 amide bonds. The second-order valence-corrected chi connectivity index (χ2v) is 20.0. The molecule has 67 heavy (non-hydrogen) atoms. The van der Waals surface area contributed by atoms with E-state index in [1.165, 1.54) is 19.1 Å². The molecule has 4 heterocycles. The topological polar surface area (TPSA) is 195 Å². The number of ether oxygens (including phenoxy) is 5. The summed E-state index contributed by atoms with van der Waals surface area (Å²) in [6, 6.07) is 7.31. The number of piperidine rings is 1. The maximum absolute atomic E-state index is 14.6. The van der Waals surface area contributed by atoms with Gasteiger partial charge in [-0.1, -0.05) is 39.8 Å². The number of nitrogens with zero attached hydrogens (tertiary/aromatic N) is 2. The van der Waals surface area contributed by atoms with Crippen molar-refractivity contribution in [2.45, 2.75) is 166 Å². The number of rotatable bonds is 8. The Bertz CT molecular complexity index is 2120. The Hall–Kier alpha value is -3.96. The number of allylic oxidation sites excluding steroid dienone is 2. The summed E-state index contributed by atoms with van der Waals surface area (Å²) < 4.78 is 32.5. The van der Waals surface area contributed by atoms with Gasteiger partial charge in [-0.15, -0.1) is 0 Å². The second-order valence-electron chi connectivity index (χ2n) is 20.0. The van der Waals surface area contributed by atoms with Crippen molar-refractivity contribution >= 4 is 40.0 Å². The fraction of sp³-hybridized carbons (Fsp3) is 0.692. The number of aryl methyl sites for hydroxylation is 1. The molecule has 4 aliphatic rings. The summed E-state index contributed by atoms with van der Waals surface area (Å²) in [5.74, 6) is -8.47. The van der Waals surface area contributed by atoms with E-state index in [0.717, 1.165) is 29.4 Å². The number of aliphatic hydroxyl groups is 3. The zero-order chi connectivity index (χ0) is 48.9. The normalized spacial score (nSPS) is 37.8. The summed E-state index contributed by atoms with van der Waals surface area (Å²) in [5, 5.41) is 40.5. The number of carbonyl (C=O) groups is 4. The van der Waals surface area contributed by atoms with Gasteiger partial charge in [0.1, 0.15) is 24.0 Å². The predicted molar refractivity (Wildman–Crippen MR) is 254 cm³/mol. The largest absolute Gasteiger partial charge is 0.456 e. The van der Waals surface area contributed by atoms with Gasteiger partial charge >= 0.3 is 5.97 Å². The van der Waals surface area contributed by atoms with Crippen molar-refractivity contribution in [2.24, 2.45) is 36.6 Å². The van der Waals surface area contributed by atoms with Crippen molar-refractivity contribution in [1.82, 2.24) is 9.47 Å². The summed E-state index contributed by atoms with van der Waals surface area (Å²) in [6.45, 7) is 10.8. The van der Waals surface area contributed by atoms with Crippen molar-refractivity contribution in [2.75, 3.05) is 33.2 Å². The Labute approximate surface area is 396 Å². The quantitative estimate of drug-likeness (QED) is 0.136. The fourth-order valence-electron chi connectivity index (χ4n) is 11.1. The van der Waals surface area contributed by atoms with Crippen molar-refractivity contribution in [3.63, 3.8) is 0 Å². The number of anilines is 1. The Morgan fingerprint density at radius 2 is 1.64 bits per heavy atom. The number of Topliss-reactive ketones (excluding diaryl/α,β-unsaturated/α-hetero) is 2. The highest BCUT2D eigenvalue weighted by atomic mass is 16.7. The molecule has 1 aromatic heterocycles. The van der Waals surface area contributed by atoms with Crippen LogP contribution < -0.4 is 5.32 Å². The smallest absolute Gasteiger partial charge is 0.329 e. The lowest BCUT2D eigenvalue weighted by Gasteiger charge is -2.47. The molecule has 2 bridgehead atoms. The van der Waals surface area contributed by atoms with Crippen LogP contribution in [0.4, 0.5) is 5.69 Å². The Morgan fingerprint density at radius 3 is 2.33 bits per heavy atom. The lowest BCUT2D eigenvalue weighted by atomic mass is 9.80. The standard InChI is InChI=1S/C52H77N3O12/c1-11-35-23-29(2)46(58)30(3)24-44(64-9)48-45(65-10)25-32(5)52(62,67-48)49(59)50(60)55-20-13-12-14-40(55)51(61)66-47(33(6)41(56)28-42(35)57)31(4)22-34-15-17-38(43(26-34)63-8)53-37-16-18-39-36(27-37)19-21-54(39)7/h16,18-19,21-23,27,30,32-35,38,40-41,43-48,53,56,58,62H,11-15,17,20,24-26,28H2,1-10H3/b29-23+,31-22?. The first-order valence-electron chi connectivity index (χ1n) is 24.5. The Balaban J connectivity index is 1.31. The molecule has 15 nitrogen and oxygen atoms in total. The molecule has 4 N–H and O–H groups in total. The van der Waals surface area contributed by atoms with E-state index >= 15 is 0 Å². The van der Waals surface area contributed by atoms with Crippen LogP contribution in [0.5, 0.6) is 0 Å². The molecule has 15 atom stereocenters. The predicted octanol–water partition coefficient (Wildman–Crippen LogP) is 6.06. The molecule has 2 aromatic rings. The van der Waals surface area contributed by atoms with Gasteiger partial charge in [0.2, 0.25) is 5.79 Å². The molecule has 3 fully saturated rings. The van der Waals surface area contributed by atoms with E-state index in [2.05, 4.69) is 40.2 Å². The third-order valence-corrected chi connectivity index (χ3v) is 15.4. The van der Waals surface area contributed by atoms with Gasteiger partial charge < -0.3 is 53.8 Å². The zero-order valence-corrected chi connectivity index (χ0v) is 41.3. The number of nitrogens with one attached hydrogen (secondary N) is 1. The first-order valence-corrected chi connectivity index (χ1v) is 24.5. The minimum absolute atomic E-state index is 0.0312. The lowest BCUT2D eigenvalue weighted by molar-refractivity contribution is -0.302. The van der Waals surface area contributed by atoms with Gasteiger partial charge in [0.15, 0.2) is 0 Å². The third-order valence-electron chi connectivity index (χ3n) is 15.4. The Morgan fingerprint density at radius 1 is 0.940 bits per heavy atom. The molecule has 3 aliphatic heterocycles. The van der Waals surface area contributed by atoms with E-state index in [1.807, 2.05) is 34.0 Å². The second kappa shape index (κ2) is 22.6. The van der Waals surface area contributed by atoms with Crippen LogP contribution in [-0.2, 0) is 49.9 Å². The number of methoxy groups -OCH3 is 3. The van der Waals surface area contributed by atoms with Gasteiger partial charge in [-0.05, 0) is 119 Å². The molecule has 0 spiro atoms. The van der Waals surface area contributed by atoms with Crippen LogP contribution in [0.1, 0.15) is 106 Å². The summed E-state index contributed by atoms with van der Waals surface area (Å²) in [6.07, 6.45) is 4.24.